The van der Waals surface area contributed by atoms with E-state index in [4.69, 9.17) is 18.9 Å². The van der Waals surface area contributed by atoms with E-state index in [1.54, 1.807) is 14.2 Å². The van der Waals surface area contributed by atoms with Gasteiger partial charge in [-0.2, -0.15) is 0 Å². The van der Waals surface area contributed by atoms with Crippen LogP contribution in [0.1, 0.15) is 62.5 Å². The normalized spacial score (nSPS) is 19.7. The second kappa shape index (κ2) is 10.8. The summed E-state index contributed by atoms with van der Waals surface area (Å²) in [7, 11) is 3.20. The van der Waals surface area contributed by atoms with Crippen molar-refractivity contribution in [3.8, 4) is 23.0 Å². The summed E-state index contributed by atoms with van der Waals surface area (Å²) < 4.78 is 22.7. The fraction of sp³-hybridized carbons (Fsp3) is 0.429. The van der Waals surface area contributed by atoms with Gasteiger partial charge in [0.15, 0.2) is 28.8 Å². The van der Waals surface area contributed by atoms with Crippen molar-refractivity contribution in [2.24, 2.45) is 0 Å². The number of amides is 1. The highest BCUT2D eigenvalue weighted by Crippen LogP contribution is 2.47. The summed E-state index contributed by atoms with van der Waals surface area (Å²) in [4.78, 5) is 26.4. The molecule has 0 bridgehead atoms. The predicted molar refractivity (Wildman–Crippen MR) is 132 cm³/mol. The number of nitrogens with one attached hydrogen (secondary N) is 1. The highest BCUT2D eigenvalue weighted by molar-refractivity contribution is 6.02. The smallest absolute Gasteiger partial charge is 0.225 e. The van der Waals surface area contributed by atoms with Crippen LogP contribution in [-0.4, -0.2) is 39.1 Å². The summed E-state index contributed by atoms with van der Waals surface area (Å²) in [5, 5.41) is 2.99. The van der Waals surface area contributed by atoms with Crippen LogP contribution in [0, 0.1) is 0 Å². The third-order valence-electron chi connectivity index (χ3n) is 6.55. The molecule has 2 aromatic rings. The molecule has 7 heteroatoms. The van der Waals surface area contributed by atoms with Crippen molar-refractivity contribution in [3.63, 3.8) is 0 Å². The van der Waals surface area contributed by atoms with E-state index in [1.807, 2.05) is 50.2 Å². The number of ether oxygens (including phenoxy) is 4. The average Bonchev–Trinajstić information content (AvgIpc) is 2.86. The Labute approximate surface area is 206 Å². The van der Waals surface area contributed by atoms with E-state index in [9.17, 15) is 9.59 Å². The topological polar surface area (TPSA) is 83.1 Å². The van der Waals surface area contributed by atoms with Gasteiger partial charge in [-0.05, 0) is 49.4 Å². The maximum atomic E-state index is 13.6. The molecule has 1 N–H and O–H groups in total. The van der Waals surface area contributed by atoms with Crippen LogP contribution in [0.5, 0.6) is 23.0 Å². The first kappa shape index (κ1) is 24.6. The molecule has 0 spiro atoms. The molecule has 1 aliphatic carbocycles. The zero-order valence-electron chi connectivity index (χ0n) is 20.8. The average molecular weight is 480 g/mol. The van der Waals surface area contributed by atoms with E-state index in [0.29, 0.717) is 60.3 Å². The van der Waals surface area contributed by atoms with E-state index in [2.05, 4.69) is 5.32 Å². The fourth-order valence-electron chi connectivity index (χ4n) is 5.00. The molecule has 1 heterocycles. The Bertz CT molecular complexity index is 1140. The number of hydrogen-bond acceptors (Lipinski definition) is 6. The maximum absolute atomic E-state index is 13.6. The van der Waals surface area contributed by atoms with Gasteiger partial charge >= 0.3 is 0 Å². The number of allylic oxidation sites excluding steroid dienone is 2. The van der Waals surface area contributed by atoms with Crippen LogP contribution < -0.4 is 24.3 Å². The van der Waals surface area contributed by atoms with Crippen LogP contribution in [0.2, 0.25) is 0 Å². The lowest BCUT2D eigenvalue weighted by atomic mass is 9.73. The molecular formula is C28H33NO6. The number of carbonyl (C=O) groups is 2. The van der Waals surface area contributed by atoms with E-state index >= 15 is 0 Å². The number of Topliss-reactive ketones (excluding diaryl/α,β-unsaturated/α-hetero) is 1. The molecule has 2 atom stereocenters. The van der Waals surface area contributed by atoms with E-state index in [1.165, 1.54) is 0 Å². The second-order valence-electron chi connectivity index (χ2n) is 8.80. The highest BCUT2D eigenvalue weighted by atomic mass is 16.5. The first-order chi connectivity index (χ1) is 17.0. The lowest BCUT2D eigenvalue weighted by molar-refractivity contribution is -0.122. The van der Waals surface area contributed by atoms with Crippen LogP contribution >= 0.6 is 0 Å². The zero-order valence-corrected chi connectivity index (χ0v) is 20.8. The Hall–Kier alpha value is -3.48. The predicted octanol–water partition coefficient (Wildman–Crippen LogP) is 4.90. The minimum atomic E-state index is -0.371. The lowest BCUT2D eigenvalue weighted by Crippen LogP contribution is -2.38. The number of methoxy groups -OCH3 is 2. The molecule has 1 aliphatic heterocycles. The number of para-hydroxylation sites is 1. The second-order valence-corrected chi connectivity index (χ2v) is 8.80. The van der Waals surface area contributed by atoms with Crippen molar-refractivity contribution in [2.45, 2.75) is 51.4 Å². The standard InChI is InChI=1S/C28H33NO6/c1-5-12-35-28-19(8-7-9-24(28)32-3)20-16-26(31)29-21-13-18(14-22(30)27(20)21)17-10-11-23(34-6-2)25(15-17)33-4/h7-11,15,18,20H,5-6,12-14,16H2,1-4H3,(H,29,31). The van der Waals surface area contributed by atoms with Gasteiger partial charge < -0.3 is 24.3 Å². The summed E-state index contributed by atoms with van der Waals surface area (Å²) in [5.74, 6) is 2.02. The Balaban J connectivity index is 1.71. The van der Waals surface area contributed by atoms with Crippen molar-refractivity contribution in [1.29, 1.82) is 0 Å². The van der Waals surface area contributed by atoms with Crippen LogP contribution in [0.15, 0.2) is 47.7 Å². The van der Waals surface area contributed by atoms with Crippen LogP contribution in [0.3, 0.4) is 0 Å². The Morgan fingerprint density at radius 1 is 0.914 bits per heavy atom. The maximum Gasteiger partial charge on any atom is 0.225 e. The Kier molecular flexibility index (Phi) is 7.63. The van der Waals surface area contributed by atoms with Crippen LogP contribution in [0.25, 0.3) is 0 Å². The summed E-state index contributed by atoms with van der Waals surface area (Å²) in [6.07, 6.45) is 1.96. The molecule has 0 saturated heterocycles. The molecule has 0 fully saturated rings. The minimum absolute atomic E-state index is 0.0402. The van der Waals surface area contributed by atoms with Gasteiger partial charge in [-0.15, -0.1) is 0 Å². The molecule has 0 aromatic heterocycles. The molecular weight excluding hydrogens is 446 g/mol. The summed E-state index contributed by atoms with van der Waals surface area (Å²) in [6.45, 7) is 5.01. The van der Waals surface area contributed by atoms with Crippen LogP contribution in [-0.2, 0) is 9.59 Å². The van der Waals surface area contributed by atoms with Gasteiger partial charge in [0.25, 0.3) is 0 Å². The monoisotopic (exact) mass is 479 g/mol. The zero-order chi connectivity index (χ0) is 24.9. The van der Waals surface area contributed by atoms with Gasteiger partial charge in [0, 0.05) is 35.6 Å². The van der Waals surface area contributed by atoms with Gasteiger partial charge in [-0.1, -0.05) is 25.1 Å². The van der Waals surface area contributed by atoms with Crippen molar-refractivity contribution in [2.75, 3.05) is 27.4 Å². The fourth-order valence-corrected chi connectivity index (χ4v) is 5.00. The molecule has 7 nitrogen and oxygen atoms in total. The molecule has 35 heavy (non-hydrogen) atoms. The molecule has 2 aromatic carbocycles. The summed E-state index contributed by atoms with van der Waals surface area (Å²) >= 11 is 0. The summed E-state index contributed by atoms with van der Waals surface area (Å²) in [6, 6.07) is 11.4. The molecule has 0 radical (unpaired) electrons. The first-order valence-corrected chi connectivity index (χ1v) is 12.2. The van der Waals surface area contributed by atoms with Crippen molar-refractivity contribution in [3.05, 3.63) is 58.8 Å². The highest BCUT2D eigenvalue weighted by Gasteiger charge is 2.39. The molecule has 186 valence electrons. The van der Waals surface area contributed by atoms with Crippen molar-refractivity contribution >= 4 is 11.7 Å². The Morgan fingerprint density at radius 2 is 1.71 bits per heavy atom. The Morgan fingerprint density at radius 3 is 2.43 bits per heavy atom. The van der Waals surface area contributed by atoms with Gasteiger partial charge in [0.05, 0.1) is 27.4 Å². The van der Waals surface area contributed by atoms with Crippen molar-refractivity contribution in [1.82, 2.24) is 5.32 Å². The number of carbonyl (C=O) groups excluding carboxylic acids is 2. The van der Waals surface area contributed by atoms with E-state index in [0.717, 1.165) is 17.5 Å². The largest absolute Gasteiger partial charge is 0.493 e. The lowest BCUT2D eigenvalue weighted by Gasteiger charge is -2.35. The quantitative estimate of drug-likeness (QED) is 0.551. The molecule has 1 amide bonds. The van der Waals surface area contributed by atoms with Gasteiger partial charge in [0.2, 0.25) is 5.91 Å². The van der Waals surface area contributed by atoms with E-state index < -0.39 is 0 Å². The summed E-state index contributed by atoms with van der Waals surface area (Å²) in [5.41, 5.74) is 3.17. The number of ketones is 1. The number of hydrogen-bond donors (Lipinski definition) is 1. The number of benzene rings is 2. The molecule has 2 unspecified atom stereocenters. The van der Waals surface area contributed by atoms with E-state index in [-0.39, 0.29) is 29.9 Å². The van der Waals surface area contributed by atoms with Crippen LogP contribution in [0.4, 0.5) is 0 Å². The third kappa shape index (κ3) is 4.99. The molecule has 2 aliphatic rings. The SMILES string of the molecule is CCCOc1c(OC)cccc1C1CC(=O)NC2=C1C(=O)CC(c1ccc(OCC)c(OC)c1)C2. The minimum Gasteiger partial charge on any atom is -0.493 e. The first-order valence-electron chi connectivity index (χ1n) is 12.2. The van der Waals surface area contributed by atoms with Crippen molar-refractivity contribution < 1.29 is 28.5 Å². The van der Waals surface area contributed by atoms with Gasteiger partial charge in [-0.3, -0.25) is 9.59 Å². The number of rotatable bonds is 9. The third-order valence-corrected chi connectivity index (χ3v) is 6.55. The van der Waals surface area contributed by atoms with Gasteiger partial charge in [0.1, 0.15) is 0 Å². The van der Waals surface area contributed by atoms with Gasteiger partial charge in [-0.25, -0.2) is 0 Å². The molecule has 4 rings (SSSR count). The molecule has 0 saturated carbocycles.